The van der Waals surface area contributed by atoms with Crippen LogP contribution in [0.25, 0.3) is 0 Å². The van der Waals surface area contributed by atoms with E-state index in [-0.39, 0.29) is 56.3 Å². The van der Waals surface area contributed by atoms with E-state index in [2.05, 4.69) is 60.8 Å². The Kier molecular flexibility index (Phi) is 13.6. The van der Waals surface area contributed by atoms with Gasteiger partial charge in [0.25, 0.3) is 0 Å². The number of aliphatic hydroxyl groups excluding tert-OH is 2. The van der Waals surface area contributed by atoms with Gasteiger partial charge in [-0.3, -0.25) is 9.59 Å². The van der Waals surface area contributed by atoms with Gasteiger partial charge < -0.3 is 36.4 Å². The predicted octanol–water partition coefficient (Wildman–Crippen LogP) is 5.39. The summed E-state index contributed by atoms with van der Waals surface area (Å²) in [5.41, 5.74) is 10.9. The summed E-state index contributed by atoms with van der Waals surface area (Å²) in [7, 11) is 0. The lowest BCUT2D eigenvalue weighted by Gasteiger charge is -2.56. The minimum Gasteiger partial charge on any atom is -0.395 e. The number of hydrogen-bond donors (Lipinski definition) is 6. The Labute approximate surface area is 339 Å². The van der Waals surface area contributed by atoms with Crippen molar-refractivity contribution < 1.29 is 29.6 Å². The van der Waals surface area contributed by atoms with Crippen molar-refractivity contribution in [1.29, 1.82) is 0 Å². The van der Waals surface area contributed by atoms with Crippen LogP contribution < -0.4 is 16.4 Å². The minimum absolute atomic E-state index is 0.0698. The molecule has 1 aromatic rings. The van der Waals surface area contributed by atoms with E-state index >= 15 is 0 Å². The molecule has 9 unspecified atom stereocenters. The maximum Gasteiger partial charge on any atom is 0.225 e. The number of ether oxygens (including phenoxy) is 1. The number of amides is 1. The molecule has 9 heteroatoms. The van der Waals surface area contributed by atoms with Gasteiger partial charge in [-0.1, -0.05) is 84.9 Å². The maximum absolute atomic E-state index is 14.8. The fraction of sp³-hybridized carbons (Fsp3) is 0.542. The van der Waals surface area contributed by atoms with Crippen molar-refractivity contribution in [3.63, 3.8) is 0 Å². The zero-order chi connectivity index (χ0) is 40.9. The Balaban J connectivity index is 1.39. The number of allylic oxidation sites excluding steroid dienone is 5. The van der Waals surface area contributed by atoms with E-state index < -0.39 is 41.0 Å². The summed E-state index contributed by atoms with van der Waals surface area (Å²) in [5, 5.41) is 42.4. The van der Waals surface area contributed by atoms with Crippen molar-refractivity contribution >= 4 is 11.7 Å². The number of carbonyl (C=O) groups excluding carboxylic acids is 2. The monoisotopic (exact) mass is 775 g/mol. The molecule has 9 atom stereocenters. The van der Waals surface area contributed by atoms with Crippen LogP contribution in [0, 0.1) is 46.9 Å². The second-order valence-corrected chi connectivity index (χ2v) is 16.9. The van der Waals surface area contributed by atoms with Crippen molar-refractivity contribution in [2.75, 3.05) is 26.4 Å². The average Bonchev–Trinajstić information content (AvgIpc) is 3.52. The van der Waals surface area contributed by atoms with Crippen LogP contribution in [0.4, 0.5) is 0 Å². The topological polar surface area (TPSA) is 154 Å². The summed E-state index contributed by atoms with van der Waals surface area (Å²) in [6.45, 7) is 13.4. The highest BCUT2D eigenvalue weighted by Crippen LogP contribution is 2.63. The third kappa shape index (κ3) is 8.71. The smallest absolute Gasteiger partial charge is 0.225 e. The minimum atomic E-state index is -1.28. The fourth-order valence-corrected chi connectivity index (χ4v) is 10.3. The molecule has 1 amide bonds. The summed E-state index contributed by atoms with van der Waals surface area (Å²) < 4.78 is 6.14. The molecule has 57 heavy (non-hydrogen) atoms. The molecule has 5 aliphatic rings. The van der Waals surface area contributed by atoms with Crippen molar-refractivity contribution in [2.45, 2.75) is 115 Å². The molecule has 304 valence electrons. The van der Waals surface area contributed by atoms with E-state index in [1.165, 1.54) is 5.57 Å². The summed E-state index contributed by atoms with van der Waals surface area (Å²) in [4.78, 5) is 27.5. The van der Waals surface area contributed by atoms with Crippen LogP contribution in [0.1, 0.15) is 108 Å². The molecule has 2 fully saturated rings. The van der Waals surface area contributed by atoms with Gasteiger partial charge in [-0.05, 0) is 105 Å². The lowest BCUT2D eigenvalue weighted by Crippen LogP contribution is -2.59. The Morgan fingerprint density at radius 1 is 1.14 bits per heavy atom. The van der Waals surface area contributed by atoms with Crippen LogP contribution in [0.3, 0.4) is 0 Å². The van der Waals surface area contributed by atoms with Gasteiger partial charge in [0.15, 0.2) is 5.78 Å². The number of ketones is 1. The van der Waals surface area contributed by atoms with Gasteiger partial charge in [-0.2, -0.15) is 0 Å². The van der Waals surface area contributed by atoms with E-state index in [0.29, 0.717) is 44.1 Å². The SMILES string of the molecule is C=C1C=CC=C(C2CCC3(C4CC(CO)C#CCC(c5cccc6c5CC(=O)NC6N)C(=O)C(C)=C4CCC3(C)O)C2O)COCC#CCC(C)=CCC1NCC. The molecular formula is C48H61N3O6. The predicted molar refractivity (Wildman–Crippen MR) is 223 cm³/mol. The van der Waals surface area contributed by atoms with E-state index in [1.807, 2.05) is 50.3 Å². The first-order chi connectivity index (χ1) is 27.3. The lowest BCUT2D eigenvalue weighted by molar-refractivity contribution is -0.169. The fourth-order valence-electron chi connectivity index (χ4n) is 10.3. The molecule has 7 N–H and O–H groups in total. The van der Waals surface area contributed by atoms with Crippen LogP contribution in [-0.2, 0) is 20.7 Å². The largest absolute Gasteiger partial charge is 0.395 e. The molecule has 0 bridgehead atoms. The zero-order valence-electron chi connectivity index (χ0n) is 34.1. The third-order valence-electron chi connectivity index (χ3n) is 13.5. The number of nitrogens with two attached hydrogens (primary N) is 1. The second kappa shape index (κ2) is 18.2. The third-order valence-corrected chi connectivity index (χ3v) is 13.5. The van der Waals surface area contributed by atoms with Gasteiger partial charge >= 0.3 is 0 Å². The number of benzene rings is 1. The van der Waals surface area contributed by atoms with Crippen LogP contribution in [-0.4, -0.2) is 71.1 Å². The average molecular weight is 776 g/mol. The summed E-state index contributed by atoms with van der Waals surface area (Å²) in [5.74, 6) is 10.8. The van der Waals surface area contributed by atoms with E-state index in [9.17, 15) is 24.9 Å². The van der Waals surface area contributed by atoms with E-state index in [1.54, 1.807) is 0 Å². The molecule has 0 radical (unpaired) electrons. The van der Waals surface area contributed by atoms with Gasteiger partial charge in [0.05, 0.1) is 37.3 Å². The van der Waals surface area contributed by atoms with Gasteiger partial charge in [0, 0.05) is 36.1 Å². The molecular weight excluding hydrogens is 715 g/mol. The highest BCUT2D eigenvalue weighted by molar-refractivity contribution is 6.01. The normalized spacial score (nSPS) is 34.0. The standard InChI is InChI=1S/C48H61N3O6/c1-6-50-42-20-19-30(2)12-7-8-25-57-29-34(15-9-13-31(42)3)36-22-24-48(45(36)55)41-26-33(28-52)14-10-17-38(44(54)32(4)35(41)21-23-47(48,5)56)37-16-11-18-39-40(37)27-43(53)51-46(39)49/h9,11,13,15-16,18-19,33,36,38,41-42,45-46,50,52,55-56H,3,6,12,17,20-29,49H2,1-2,4-5H3,(H,51,53). The number of aliphatic hydroxyl groups is 3. The number of likely N-dealkylation sites (N-methyl/N-ethyl adjacent to an activating group) is 1. The van der Waals surface area contributed by atoms with Gasteiger partial charge in [-0.15, -0.1) is 5.92 Å². The number of fused-ring (bicyclic) bond motifs is 3. The molecule has 1 spiro atoms. The van der Waals surface area contributed by atoms with Crippen molar-refractivity contribution in [3.05, 3.63) is 93.6 Å². The van der Waals surface area contributed by atoms with Crippen LogP contribution in [0.2, 0.25) is 0 Å². The van der Waals surface area contributed by atoms with Gasteiger partial charge in [0.1, 0.15) is 12.8 Å². The molecule has 0 aromatic heterocycles. The highest BCUT2D eigenvalue weighted by atomic mass is 16.5. The Bertz CT molecular complexity index is 1980. The van der Waals surface area contributed by atoms with Crippen molar-refractivity contribution in [2.24, 2.45) is 28.9 Å². The summed E-state index contributed by atoms with van der Waals surface area (Å²) >= 11 is 0. The number of rotatable bonds is 5. The van der Waals surface area contributed by atoms with Crippen molar-refractivity contribution in [3.8, 4) is 23.7 Å². The number of nitrogens with one attached hydrogen (secondary N) is 2. The zero-order valence-corrected chi connectivity index (χ0v) is 34.1. The number of carbonyl (C=O) groups is 2. The van der Waals surface area contributed by atoms with Crippen LogP contribution in [0.15, 0.2) is 76.9 Å². The number of hydrogen-bond acceptors (Lipinski definition) is 8. The van der Waals surface area contributed by atoms with Gasteiger partial charge in [0.2, 0.25) is 5.91 Å². The maximum atomic E-state index is 14.8. The number of Topliss-reactive ketones (excluding diaryl/α,β-unsaturated/α-hetero) is 1. The first kappa shape index (κ1) is 42.5. The Morgan fingerprint density at radius 3 is 2.70 bits per heavy atom. The van der Waals surface area contributed by atoms with Crippen molar-refractivity contribution in [1.82, 2.24) is 10.6 Å². The molecule has 1 aromatic carbocycles. The second-order valence-electron chi connectivity index (χ2n) is 16.9. The lowest BCUT2D eigenvalue weighted by atomic mass is 9.51. The molecule has 2 aliphatic heterocycles. The quantitative estimate of drug-likeness (QED) is 0.172. The molecule has 3 aliphatic carbocycles. The summed E-state index contributed by atoms with van der Waals surface area (Å²) in [6.07, 6.45) is 10.7. The van der Waals surface area contributed by atoms with Crippen LogP contribution >= 0.6 is 0 Å². The molecule has 6 rings (SSSR count). The highest BCUT2D eigenvalue weighted by Gasteiger charge is 2.64. The molecule has 2 saturated carbocycles. The Hall–Kier alpha value is -4.06. The summed E-state index contributed by atoms with van der Waals surface area (Å²) in [6, 6.07) is 5.73. The van der Waals surface area contributed by atoms with Gasteiger partial charge in [-0.25, -0.2) is 0 Å². The Morgan fingerprint density at radius 2 is 1.93 bits per heavy atom. The first-order valence-corrected chi connectivity index (χ1v) is 20.7. The van der Waals surface area contributed by atoms with E-state index in [4.69, 9.17) is 10.5 Å². The molecule has 0 saturated heterocycles. The molecule has 9 nitrogen and oxygen atoms in total. The first-order valence-electron chi connectivity index (χ1n) is 20.7. The molecule has 2 heterocycles. The van der Waals surface area contributed by atoms with Crippen LogP contribution in [0.5, 0.6) is 0 Å². The van der Waals surface area contributed by atoms with E-state index in [0.717, 1.165) is 46.4 Å².